The molecule has 0 unspecified atom stereocenters. The van der Waals surface area contributed by atoms with Crippen molar-refractivity contribution < 1.29 is 9.84 Å². The third kappa shape index (κ3) is 3.97. The maximum absolute atomic E-state index is 10.7. The van der Waals surface area contributed by atoms with Gasteiger partial charge < -0.3 is 14.7 Å². The molecule has 2 heterocycles. The second-order valence-electron chi connectivity index (χ2n) is 7.86. The number of hydrogen-bond donors (Lipinski definition) is 1. The number of ether oxygens (including phenoxy) is 1. The minimum atomic E-state index is -0.279. The van der Waals surface area contributed by atoms with Crippen molar-refractivity contribution >= 4 is 10.8 Å². The number of nitrogens with zero attached hydrogens (tertiary/aromatic N) is 3. The molecule has 0 bridgehead atoms. The molecule has 5 nitrogen and oxygen atoms in total. The number of rotatable bonds is 5. The third-order valence-corrected chi connectivity index (χ3v) is 6.02. The van der Waals surface area contributed by atoms with E-state index >= 15 is 0 Å². The van der Waals surface area contributed by atoms with E-state index in [1.165, 1.54) is 16.3 Å². The molecular formula is C22H31N3O2. The highest BCUT2D eigenvalue weighted by Gasteiger charge is 2.36. The largest absolute Gasteiger partial charge is 0.494 e. The normalized spacial score (nSPS) is 25.3. The van der Waals surface area contributed by atoms with Crippen molar-refractivity contribution in [1.29, 1.82) is 0 Å². The lowest BCUT2D eigenvalue weighted by molar-refractivity contribution is 0.0512. The zero-order valence-electron chi connectivity index (χ0n) is 16.5. The zero-order valence-corrected chi connectivity index (χ0v) is 16.5. The van der Waals surface area contributed by atoms with E-state index in [0.29, 0.717) is 6.61 Å². The number of likely N-dealkylation sites (N-methyl/N-ethyl adjacent to an activating group) is 1. The van der Waals surface area contributed by atoms with E-state index < -0.39 is 0 Å². The lowest BCUT2D eigenvalue weighted by Crippen LogP contribution is -2.52. The predicted octanol–water partition coefficient (Wildman–Crippen LogP) is 2.03. The lowest BCUT2D eigenvalue weighted by atomic mass is 10.0. The first-order chi connectivity index (χ1) is 13.2. The topological polar surface area (TPSA) is 39.2 Å². The average molecular weight is 370 g/mol. The van der Waals surface area contributed by atoms with Gasteiger partial charge in [0.25, 0.3) is 0 Å². The molecule has 2 atom stereocenters. The number of β-amino-alcohol motifs (C(OH)–C–C–N with tert-alkyl or cyclic N) is 1. The van der Waals surface area contributed by atoms with Crippen molar-refractivity contribution in [3.8, 4) is 5.75 Å². The average Bonchev–Trinajstić information content (AvgIpc) is 3.05. The standard InChI is InChI=1S/C22H31N3O2/c1-3-27-22-9-8-17-6-4-5-7-18(17)19(22)14-24-15-20(21(26)16-24)25-12-10-23(2)11-13-25/h4-9,20-21,26H,3,10-16H2,1-2H3/t20-,21-/m1/s1. The molecule has 4 rings (SSSR count). The van der Waals surface area contributed by atoms with Crippen molar-refractivity contribution in [2.75, 3.05) is 52.9 Å². The first-order valence-electron chi connectivity index (χ1n) is 10.1. The molecule has 1 N–H and O–H groups in total. The van der Waals surface area contributed by atoms with Gasteiger partial charge in [0.1, 0.15) is 5.75 Å². The SMILES string of the molecule is CCOc1ccc2ccccc2c1CN1C[C@@H](O)[C@H](N2CCN(C)CC2)C1. The molecular weight excluding hydrogens is 338 g/mol. The van der Waals surface area contributed by atoms with Crippen molar-refractivity contribution in [2.24, 2.45) is 0 Å². The Morgan fingerprint density at radius 3 is 2.59 bits per heavy atom. The number of piperazine rings is 1. The molecule has 2 fully saturated rings. The van der Waals surface area contributed by atoms with Crippen molar-refractivity contribution in [3.63, 3.8) is 0 Å². The van der Waals surface area contributed by atoms with Crippen LogP contribution in [0.1, 0.15) is 12.5 Å². The van der Waals surface area contributed by atoms with Crippen LogP contribution < -0.4 is 4.74 Å². The van der Waals surface area contributed by atoms with Gasteiger partial charge in [-0.05, 0) is 30.8 Å². The fraction of sp³-hybridized carbons (Fsp3) is 0.545. The summed E-state index contributed by atoms with van der Waals surface area (Å²) in [7, 11) is 2.17. The van der Waals surface area contributed by atoms with E-state index in [-0.39, 0.29) is 12.1 Å². The Morgan fingerprint density at radius 2 is 1.81 bits per heavy atom. The predicted molar refractivity (Wildman–Crippen MR) is 109 cm³/mol. The smallest absolute Gasteiger partial charge is 0.124 e. The van der Waals surface area contributed by atoms with Crippen molar-refractivity contribution in [1.82, 2.24) is 14.7 Å². The van der Waals surface area contributed by atoms with Gasteiger partial charge in [0, 0.05) is 57.4 Å². The Labute approximate surface area is 162 Å². The van der Waals surface area contributed by atoms with Crippen LogP contribution in [-0.2, 0) is 6.54 Å². The van der Waals surface area contributed by atoms with Gasteiger partial charge in [-0.2, -0.15) is 0 Å². The molecule has 27 heavy (non-hydrogen) atoms. The van der Waals surface area contributed by atoms with Crippen molar-refractivity contribution in [3.05, 3.63) is 42.0 Å². The van der Waals surface area contributed by atoms with Crippen LogP contribution in [0.2, 0.25) is 0 Å². The summed E-state index contributed by atoms with van der Waals surface area (Å²) < 4.78 is 5.93. The number of aliphatic hydroxyl groups is 1. The summed E-state index contributed by atoms with van der Waals surface area (Å²) >= 11 is 0. The molecule has 0 aromatic heterocycles. The molecule has 0 amide bonds. The van der Waals surface area contributed by atoms with Gasteiger partial charge in [0.15, 0.2) is 0 Å². The summed E-state index contributed by atoms with van der Waals surface area (Å²) in [6, 6.07) is 13.0. The quantitative estimate of drug-likeness (QED) is 0.873. The van der Waals surface area contributed by atoms with Gasteiger partial charge in [-0.1, -0.05) is 30.3 Å². The molecule has 2 aliphatic rings. The Kier molecular flexibility index (Phi) is 5.64. The Bertz CT molecular complexity index is 773. The van der Waals surface area contributed by atoms with Gasteiger partial charge in [0.2, 0.25) is 0 Å². The van der Waals surface area contributed by atoms with E-state index in [2.05, 4.69) is 58.1 Å². The minimum absolute atomic E-state index is 0.240. The Morgan fingerprint density at radius 1 is 1.04 bits per heavy atom. The van der Waals surface area contributed by atoms with Crippen LogP contribution in [0.25, 0.3) is 10.8 Å². The van der Waals surface area contributed by atoms with Crippen LogP contribution in [0.4, 0.5) is 0 Å². The highest BCUT2D eigenvalue weighted by atomic mass is 16.5. The van der Waals surface area contributed by atoms with Crippen LogP contribution in [0, 0.1) is 0 Å². The number of benzene rings is 2. The molecule has 0 aliphatic carbocycles. The fourth-order valence-corrected chi connectivity index (χ4v) is 4.48. The van der Waals surface area contributed by atoms with Gasteiger partial charge in [-0.3, -0.25) is 9.80 Å². The summed E-state index contributed by atoms with van der Waals surface area (Å²) in [5, 5.41) is 13.2. The molecule has 0 spiro atoms. The molecule has 0 saturated carbocycles. The van der Waals surface area contributed by atoms with Crippen LogP contribution in [0.3, 0.4) is 0 Å². The second-order valence-corrected chi connectivity index (χ2v) is 7.86. The molecule has 2 saturated heterocycles. The monoisotopic (exact) mass is 369 g/mol. The second kappa shape index (κ2) is 8.15. The fourth-order valence-electron chi connectivity index (χ4n) is 4.48. The zero-order chi connectivity index (χ0) is 18.8. The first kappa shape index (κ1) is 18.7. The Hall–Kier alpha value is -1.66. The van der Waals surface area contributed by atoms with Crippen LogP contribution in [0.5, 0.6) is 5.75 Å². The van der Waals surface area contributed by atoms with Gasteiger partial charge in [0.05, 0.1) is 12.7 Å². The van der Waals surface area contributed by atoms with Crippen molar-refractivity contribution in [2.45, 2.75) is 25.6 Å². The maximum atomic E-state index is 10.7. The third-order valence-electron chi connectivity index (χ3n) is 6.02. The molecule has 2 aromatic carbocycles. The summed E-state index contributed by atoms with van der Waals surface area (Å²) in [6.45, 7) is 9.42. The summed E-state index contributed by atoms with van der Waals surface area (Å²) in [4.78, 5) is 7.22. The molecule has 2 aliphatic heterocycles. The minimum Gasteiger partial charge on any atom is -0.494 e. The first-order valence-corrected chi connectivity index (χ1v) is 10.1. The number of likely N-dealkylation sites (tertiary alicyclic amines) is 1. The summed E-state index contributed by atoms with van der Waals surface area (Å²) in [5.41, 5.74) is 1.24. The van der Waals surface area contributed by atoms with E-state index in [9.17, 15) is 5.11 Å². The summed E-state index contributed by atoms with van der Waals surface area (Å²) in [6.07, 6.45) is -0.279. The Balaban J connectivity index is 1.53. The maximum Gasteiger partial charge on any atom is 0.124 e. The summed E-state index contributed by atoms with van der Waals surface area (Å²) in [5.74, 6) is 0.966. The molecule has 0 radical (unpaired) electrons. The molecule has 5 heteroatoms. The van der Waals surface area contributed by atoms with Gasteiger partial charge in [-0.15, -0.1) is 0 Å². The van der Waals surface area contributed by atoms with Crippen LogP contribution in [-0.4, -0.2) is 84.9 Å². The molecule has 2 aromatic rings. The lowest BCUT2D eigenvalue weighted by Gasteiger charge is -2.37. The van der Waals surface area contributed by atoms with E-state index in [4.69, 9.17) is 4.74 Å². The highest BCUT2D eigenvalue weighted by Crippen LogP contribution is 2.31. The number of hydrogen-bond acceptors (Lipinski definition) is 5. The van der Waals surface area contributed by atoms with E-state index in [0.717, 1.165) is 51.6 Å². The van der Waals surface area contributed by atoms with Gasteiger partial charge in [-0.25, -0.2) is 0 Å². The number of aliphatic hydroxyl groups excluding tert-OH is 1. The molecule has 146 valence electrons. The highest BCUT2D eigenvalue weighted by molar-refractivity contribution is 5.87. The van der Waals surface area contributed by atoms with E-state index in [1.54, 1.807) is 0 Å². The number of fused-ring (bicyclic) bond motifs is 1. The van der Waals surface area contributed by atoms with E-state index in [1.807, 2.05) is 6.92 Å². The van der Waals surface area contributed by atoms with Crippen LogP contribution in [0.15, 0.2) is 36.4 Å². The van der Waals surface area contributed by atoms with Crippen LogP contribution >= 0.6 is 0 Å². The van der Waals surface area contributed by atoms with Gasteiger partial charge >= 0.3 is 0 Å².